The minimum absolute atomic E-state index is 0.0532. The third kappa shape index (κ3) is 3.86. The second kappa shape index (κ2) is 7.09. The topological polar surface area (TPSA) is 50.4 Å². The molecule has 1 amide bonds. The average Bonchev–Trinajstić information content (AvgIpc) is 3.10. The molecule has 1 heterocycles. The summed E-state index contributed by atoms with van der Waals surface area (Å²) >= 11 is 0. The van der Waals surface area contributed by atoms with Crippen molar-refractivity contribution in [3.05, 3.63) is 60.2 Å². The number of ether oxygens (including phenoxy) is 1. The number of carbonyl (C=O) groups excluding carboxylic acids is 1. The van der Waals surface area contributed by atoms with E-state index in [1.165, 1.54) is 5.56 Å². The molecule has 4 heteroatoms. The number of anilines is 2. The zero-order valence-corrected chi connectivity index (χ0v) is 12.4. The predicted octanol–water partition coefficient (Wildman–Crippen LogP) is 3.42. The molecule has 2 aromatic carbocycles. The minimum Gasteiger partial charge on any atom is -0.381 e. The Bertz CT molecular complexity index is 605. The Labute approximate surface area is 130 Å². The summed E-state index contributed by atoms with van der Waals surface area (Å²) in [6, 6.07) is 18.0. The lowest BCUT2D eigenvalue weighted by Crippen LogP contribution is -2.26. The minimum atomic E-state index is -0.295. The van der Waals surface area contributed by atoms with Crippen LogP contribution < -0.4 is 10.6 Å². The normalized spacial score (nSPS) is 17.2. The van der Waals surface area contributed by atoms with Gasteiger partial charge < -0.3 is 15.4 Å². The van der Waals surface area contributed by atoms with Crippen LogP contribution in [0.3, 0.4) is 0 Å². The zero-order chi connectivity index (χ0) is 15.2. The molecule has 0 bridgehead atoms. The maximum absolute atomic E-state index is 12.0. The Morgan fingerprint density at radius 3 is 2.45 bits per heavy atom. The van der Waals surface area contributed by atoms with E-state index in [4.69, 9.17) is 4.74 Å². The maximum atomic E-state index is 12.0. The van der Waals surface area contributed by atoms with Gasteiger partial charge in [0.2, 0.25) is 0 Å². The molecular formula is C18H20N2O2. The number of rotatable bonds is 5. The summed E-state index contributed by atoms with van der Waals surface area (Å²) in [5, 5.41) is 6.25. The first-order chi connectivity index (χ1) is 10.8. The third-order valence-electron chi connectivity index (χ3n) is 3.71. The number of carbonyl (C=O) groups is 1. The molecule has 114 valence electrons. The summed E-state index contributed by atoms with van der Waals surface area (Å²) in [7, 11) is 0. The largest absolute Gasteiger partial charge is 0.381 e. The van der Waals surface area contributed by atoms with Crippen molar-refractivity contribution in [1.82, 2.24) is 0 Å². The summed E-state index contributed by atoms with van der Waals surface area (Å²) in [5.74, 6) is -0.0532. The van der Waals surface area contributed by atoms with E-state index in [1.807, 2.05) is 42.5 Å². The highest BCUT2D eigenvalue weighted by molar-refractivity contribution is 5.94. The van der Waals surface area contributed by atoms with Crippen molar-refractivity contribution in [3.8, 4) is 0 Å². The van der Waals surface area contributed by atoms with Crippen LogP contribution in [-0.2, 0) is 16.1 Å². The Morgan fingerprint density at radius 2 is 1.77 bits per heavy atom. The Morgan fingerprint density at radius 1 is 1.05 bits per heavy atom. The average molecular weight is 296 g/mol. The molecule has 2 N–H and O–H groups in total. The monoisotopic (exact) mass is 296 g/mol. The van der Waals surface area contributed by atoms with E-state index in [-0.39, 0.29) is 12.0 Å². The van der Waals surface area contributed by atoms with E-state index in [2.05, 4.69) is 22.8 Å². The van der Waals surface area contributed by atoms with Crippen LogP contribution in [-0.4, -0.2) is 18.6 Å². The van der Waals surface area contributed by atoms with Crippen molar-refractivity contribution in [2.24, 2.45) is 0 Å². The number of nitrogens with one attached hydrogen (secondary N) is 2. The van der Waals surface area contributed by atoms with Crippen LogP contribution in [0.5, 0.6) is 0 Å². The predicted molar refractivity (Wildman–Crippen MR) is 87.8 cm³/mol. The quantitative estimate of drug-likeness (QED) is 0.889. The van der Waals surface area contributed by atoms with Crippen molar-refractivity contribution < 1.29 is 9.53 Å². The van der Waals surface area contributed by atoms with Gasteiger partial charge in [0, 0.05) is 24.5 Å². The molecule has 2 aromatic rings. The fourth-order valence-electron chi connectivity index (χ4n) is 2.48. The fraction of sp³-hybridized carbons (Fsp3) is 0.278. The Kier molecular flexibility index (Phi) is 4.71. The summed E-state index contributed by atoms with van der Waals surface area (Å²) in [5.41, 5.74) is 3.06. The first-order valence-electron chi connectivity index (χ1n) is 7.61. The Balaban J connectivity index is 1.52. The molecule has 1 saturated heterocycles. The molecule has 1 aliphatic rings. The first kappa shape index (κ1) is 14.6. The number of amides is 1. The zero-order valence-electron chi connectivity index (χ0n) is 12.4. The van der Waals surface area contributed by atoms with E-state index in [0.29, 0.717) is 6.61 Å². The molecule has 0 radical (unpaired) electrons. The number of hydrogen-bond donors (Lipinski definition) is 2. The molecule has 1 atom stereocenters. The summed E-state index contributed by atoms with van der Waals surface area (Å²) in [4.78, 5) is 12.0. The van der Waals surface area contributed by atoms with Crippen LogP contribution in [0, 0.1) is 0 Å². The molecule has 0 saturated carbocycles. The molecule has 0 spiro atoms. The number of hydrogen-bond acceptors (Lipinski definition) is 3. The van der Waals surface area contributed by atoms with Gasteiger partial charge in [0.25, 0.3) is 5.91 Å². The van der Waals surface area contributed by atoms with Gasteiger partial charge >= 0.3 is 0 Å². The number of benzene rings is 2. The van der Waals surface area contributed by atoms with Crippen LogP contribution in [0.4, 0.5) is 11.4 Å². The summed E-state index contributed by atoms with van der Waals surface area (Å²) < 4.78 is 5.37. The van der Waals surface area contributed by atoms with Crippen molar-refractivity contribution in [2.45, 2.75) is 25.5 Å². The van der Waals surface area contributed by atoms with Gasteiger partial charge in [-0.05, 0) is 42.7 Å². The molecule has 1 unspecified atom stereocenters. The van der Waals surface area contributed by atoms with Crippen molar-refractivity contribution in [2.75, 3.05) is 17.2 Å². The lowest BCUT2D eigenvalue weighted by molar-refractivity contribution is -0.124. The highest BCUT2D eigenvalue weighted by Gasteiger charge is 2.23. The third-order valence-corrected chi connectivity index (χ3v) is 3.71. The van der Waals surface area contributed by atoms with Crippen LogP contribution in [0.2, 0.25) is 0 Å². The first-order valence-corrected chi connectivity index (χ1v) is 7.61. The van der Waals surface area contributed by atoms with Gasteiger partial charge in [-0.15, -0.1) is 0 Å². The fourth-order valence-corrected chi connectivity index (χ4v) is 2.48. The molecule has 1 fully saturated rings. The van der Waals surface area contributed by atoms with Crippen molar-refractivity contribution in [1.29, 1.82) is 0 Å². The molecule has 0 aromatic heterocycles. The smallest absolute Gasteiger partial charge is 0.253 e. The lowest BCUT2D eigenvalue weighted by atomic mass is 10.2. The Hall–Kier alpha value is -2.33. The molecule has 3 rings (SSSR count). The van der Waals surface area contributed by atoms with Crippen LogP contribution in [0.25, 0.3) is 0 Å². The van der Waals surface area contributed by atoms with Gasteiger partial charge in [0.1, 0.15) is 6.10 Å². The van der Waals surface area contributed by atoms with E-state index in [1.54, 1.807) is 0 Å². The van der Waals surface area contributed by atoms with Gasteiger partial charge in [0.15, 0.2) is 0 Å². The molecule has 1 aliphatic heterocycles. The van der Waals surface area contributed by atoms with Gasteiger partial charge in [-0.2, -0.15) is 0 Å². The lowest BCUT2D eigenvalue weighted by Gasteiger charge is -2.11. The maximum Gasteiger partial charge on any atom is 0.253 e. The van der Waals surface area contributed by atoms with Gasteiger partial charge in [-0.25, -0.2) is 0 Å². The van der Waals surface area contributed by atoms with Gasteiger partial charge in [0.05, 0.1) is 0 Å². The standard InChI is InChI=1S/C18H20N2O2/c21-18(17-7-4-12-22-17)20-16-10-8-15(9-11-16)19-13-14-5-2-1-3-6-14/h1-3,5-6,8-11,17,19H,4,7,12-13H2,(H,20,21). The van der Waals surface area contributed by atoms with Crippen molar-refractivity contribution in [3.63, 3.8) is 0 Å². The summed E-state index contributed by atoms with van der Waals surface area (Å²) in [6.45, 7) is 1.46. The van der Waals surface area contributed by atoms with Crippen LogP contribution >= 0.6 is 0 Å². The van der Waals surface area contributed by atoms with Crippen LogP contribution in [0.1, 0.15) is 18.4 Å². The van der Waals surface area contributed by atoms with E-state index in [0.717, 1.165) is 30.8 Å². The highest BCUT2D eigenvalue weighted by Crippen LogP contribution is 2.17. The SMILES string of the molecule is O=C(Nc1ccc(NCc2ccccc2)cc1)C1CCCO1. The molecule has 0 aliphatic carbocycles. The molecular weight excluding hydrogens is 276 g/mol. The van der Waals surface area contributed by atoms with Crippen LogP contribution in [0.15, 0.2) is 54.6 Å². The van der Waals surface area contributed by atoms with E-state index >= 15 is 0 Å². The van der Waals surface area contributed by atoms with E-state index in [9.17, 15) is 4.79 Å². The van der Waals surface area contributed by atoms with E-state index < -0.39 is 0 Å². The molecule has 4 nitrogen and oxygen atoms in total. The highest BCUT2D eigenvalue weighted by atomic mass is 16.5. The van der Waals surface area contributed by atoms with Gasteiger partial charge in [-0.3, -0.25) is 4.79 Å². The van der Waals surface area contributed by atoms with Gasteiger partial charge in [-0.1, -0.05) is 30.3 Å². The molecule has 22 heavy (non-hydrogen) atoms. The second-order valence-electron chi connectivity index (χ2n) is 5.41. The van der Waals surface area contributed by atoms with Crippen molar-refractivity contribution >= 4 is 17.3 Å². The summed E-state index contributed by atoms with van der Waals surface area (Å²) in [6.07, 6.45) is 1.47. The second-order valence-corrected chi connectivity index (χ2v) is 5.41.